The molecule has 0 aliphatic heterocycles. The fourth-order valence-electron chi connectivity index (χ4n) is 7.50. The fourth-order valence-corrected chi connectivity index (χ4v) is 7.50. The van der Waals surface area contributed by atoms with E-state index in [-0.39, 0.29) is 11.9 Å². The van der Waals surface area contributed by atoms with Crippen LogP contribution >= 0.6 is 0 Å². The molecule has 5 nitrogen and oxygen atoms in total. The highest BCUT2D eigenvalue weighted by Gasteiger charge is 2.19. The Bertz CT molecular complexity index is 685. The van der Waals surface area contributed by atoms with Crippen LogP contribution in [0.5, 0.6) is 0 Å². The van der Waals surface area contributed by atoms with E-state index in [0.29, 0.717) is 19.4 Å². The van der Waals surface area contributed by atoms with E-state index in [1.54, 1.807) is 0 Å². The molecule has 0 spiro atoms. The van der Waals surface area contributed by atoms with E-state index in [2.05, 4.69) is 13.8 Å². The topological polar surface area (TPSA) is 55.8 Å². The number of rotatable bonds is 44. The van der Waals surface area contributed by atoms with Crippen LogP contribution in [0.3, 0.4) is 0 Å². The van der Waals surface area contributed by atoms with Gasteiger partial charge in [-0.05, 0) is 26.9 Å². The van der Waals surface area contributed by atoms with Crippen molar-refractivity contribution in [3.8, 4) is 0 Å². The first-order chi connectivity index (χ1) is 26.0. The minimum absolute atomic E-state index is 0.250. The lowest BCUT2D eigenvalue weighted by molar-refractivity contribution is -0.190. The number of unbranched alkanes of at least 4 members (excludes halogenated alkanes) is 36. The Balaban J connectivity index is 3.63. The van der Waals surface area contributed by atoms with Gasteiger partial charge in [0.2, 0.25) is 0 Å². The third-order valence-electron chi connectivity index (χ3n) is 11.0. The Kier molecular flexibility index (Phi) is 42.7. The summed E-state index contributed by atoms with van der Waals surface area (Å²) in [5, 5.41) is 0. The van der Waals surface area contributed by atoms with Crippen molar-refractivity contribution in [3.05, 3.63) is 0 Å². The molecule has 0 saturated heterocycles. The molecule has 0 N–H and O–H groups in total. The molecular weight excluding hydrogens is 655 g/mol. The van der Waals surface area contributed by atoms with Gasteiger partial charge in [-0.1, -0.05) is 245 Å². The number of carbonyl (C=O) groups excluding carboxylic acids is 2. The molecule has 0 bridgehead atoms. The Morgan fingerprint density at radius 2 is 0.528 bits per heavy atom. The minimum atomic E-state index is -0.814. The fraction of sp³-hybridized carbons (Fsp3) is 0.958. The monoisotopic (exact) mass is 750 g/mol. The summed E-state index contributed by atoms with van der Waals surface area (Å²) in [6, 6.07) is 0. The van der Waals surface area contributed by atoms with Crippen molar-refractivity contribution in [3.63, 3.8) is 0 Å². The molecule has 0 saturated carbocycles. The van der Waals surface area contributed by atoms with Crippen molar-refractivity contribution in [2.24, 2.45) is 0 Å². The van der Waals surface area contributed by atoms with Crippen LogP contribution < -0.4 is 0 Å². The van der Waals surface area contributed by atoms with Gasteiger partial charge in [-0.3, -0.25) is 9.59 Å². The largest absolute Gasteiger partial charge is 0.424 e. The Labute approximate surface area is 332 Å². The number of likely N-dealkylation sites (N-methyl/N-ethyl adjacent to an activating group) is 1. The van der Waals surface area contributed by atoms with E-state index >= 15 is 0 Å². The average molecular weight is 750 g/mol. The van der Waals surface area contributed by atoms with Crippen LogP contribution in [0, 0.1) is 0 Å². The second kappa shape index (κ2) is 43.6. The SMILES string of the molecule is CCCCCCCCCCCCCCCCCCCCCC(=O)OC(CN(C)C)OC(=O)CCCCCCCCCCCCCCCCCCCCC. The van der Waals surface area contributed by atoms with Gasteiger partial charge in [-0.2, -0.15) is 0 Å². The summed E-state index contributed by atoms with van der Waals surface area (Å²) < 4.78 is 11.2. The van der Waals surface area contributed by atoms with Crippen LogP contribution in [0.1, 0.15) is 271 Å². The summed E-state index contributed by atoms with van der Waals surface area (Å²) >= 11 is 0. The van der Waals surface area contributed by atoms with Crippen LogP contribution in [0.25, 0.3) is 0 Å². The van der Waals surface area contributed by atoms with Crippen molar-refractivity contribution < 1.29 is 19.1 Å². The number of esters is 2. The first-order valence-corrected chi connectivity index (χ1v) is 24.0. The average Bonchev–Trinajstić information content (AvgIpc) is 3.13. The normalized spacial score (nSPS) is 11.6. The van der Waals surface area contributed by atoms with Crippen LogP contribution in [0.15, 0.2) is 0 Å². The standard InChI is InChI=1S/C48H95NO4/c1-5-7-9-11-13-15-17-19-21-23-25-27-29-31-33-35-37-39-41-43-46(50)52-48(45-49(3)4)53-47(51)44-42-40-38-36-34-32-30-28-26-24-22-20-18-16-14-12-10-8-6-2/h48H,5-45H2,1-4H3. The zero-order valence-corrected chi connectivity index (χ0v) is 36.6. The first kappa shape index (κ1) is 51.9. The Hall–Kier alpha value is -1.10. The predicted molar refractivity (Wildman–Crippen MR) is 231 cm³/mol. The molecule has 0 aromatic rings. The highest BCUT2D eigenvalue weighted by molar-refractivity contribution is 5.71. The van der Waals surface area contributed by atoms with Crippen molar-refractivity contribution in [2.45, 2.75) is 277 Å². The number of carbonyl (C=O) groups is 2. The molecule has 0 aliphatic carbocycles. The molecule has 0 atom stereocenters. The molecule has 0 rings (SSSR count). The van der Waals surface area contributed by atoms with E-state index in [9.17, 15) is 9.59 Å². The van der Waals surface area contributed by atoms with Crippen LogP contribution in [-0.4, -0.2) is 43.8 Å². The number of hydrogen-bond acceptors (Lipinski definition) is 5. The van der Waals surface area contributed by atoms with Crippen molar-refractivity contribution in [1.29, 1.82) is 0 Å². The zero-order chi connectivity index (χ0) is 38.7. The molecular formula is C48H95NO4. The van der Waals surface area contributed by atoms with Gasteiger partial charge in [0.05, 0.1) is 6.54 Å². The lowest BCUT2D eigenvalue weighted by atomic mass is 10.0. The molecule has 0 heterocycles. The number of hydrogen-bond donors (Lipinski definition) is 0. The van der Waals surface area contributed by atoms with Crippen LogP contribution in [0.2, 0.25) is 0 Å². The summed E-state index contributed by atoms with van der Waals surface area (Å²) in [7, 11) is 3.81. The molecule has 0 fully saturated rings. The number of ether oxygens (including phenoxy) is 2. The Morgan fingerprint density at radius 3 is 0.717 bits per heavy atom. The van der Waals surface area contributed by atoms with Crippen LogP contribution in [0.4, 0.5) is 0 Å². The quantitative estimate of drug-likeness (QED) is 0.0353. The highest BCUT2D eigenvalue weighted by Crippen LogP contribution is 2.17. The maximum absolute atomic E-state index is 12.5. The van der Waals surface area contributed by atoms with Gasteiger partial charge in [0.1, 0.15) is 0 Å². The summed E-state index contributed by atoms with van der Waals surface area (Å²) in [4.78, 5) is 26.9. The second-order valence-electron chi connectivity index (χ2n) is 16.9. The van der Waals surface area contributed by atoms with Gasteiger partial charge in [0.15, 0.2) is 0 Å². The zero-order valence-electron chi connectivity index (χ0n) is 36.6. The van der Waals surface area contributed by atoms with Crippen LogP contribution in [-0.2, 0) is 19.1 Å². The molecule has 0 aliphatic rings. The third-order valence-corrected chi connectivity index (χ3v) is 11.0. The van der Waals surface area contributed by atoms with Gasteiger partial charge in [-0.15, -0.1) is 0 Å². The lowest BCUT2D eigenvalue weighted by Crippen LogP contribution is -2.34. The minimum Gasteiger partial charge on any atom is -0.424 e. The smallest absolute Gasteiger partial charge is 0.308 e. The van der Waals surface area contributed by atoms with Crippen molar-refractivity contribution in [2.75, 3.05) is 20.6 Å². The molecule has 0 unspecified atom stereocenters. The predicted octanol–water partition coefficient (Wildman–Crippen LogP) is 15.6. The maximum atomic E-state index is 12.5. The van der Waals surface area contributed by atoms with Gasteiger partial charge in [0, 0.05) is 12.8 Å². The Morgan fingerprint density at radius 1 is 0.340 bits per heavy atom. The molecule has 0 aromatic heterocycles. The van der Waals surface area contributed by atoms with E-state index in [4.69, 9.17) is 9.47 Å². The van der Waals surface area contributed by atoms with Crippen molar-refractivity contribution >= 4 is 11.9 Å². The van der Waals surface area contributed by atoms with E-state index in [0.717, 1.165) is 25.7 Å². The first-order valence-electron chi connectivity index (χ1n) is 24.0. The van der Waals surface area contributed by atoms with Gasteiger partial charge in [-0.25, -0.2) is 0 Å². The maximum Gasteiger partial charge on any atom is 0.308 e. The molecule has 316 valence electrons. The molecule has 0 aromatic carbocycles. The third kappa shape index (κ3) is 43.5. The molecule has 0 radical (unpaired) electrons. The van der Waals surface area contributed by atoms with E-state index < -0.39 is 6.29 Å². The summed E-state index contributed by atoms with van der Waals surface area (Å²) in [6.45, 7) is 4.98. The summed E-state index contributed by atoms with van der Waals surface area (Å²) in [5.74, 6) is -0.500. The van der Waals surface area contributed by atoms with Crippen molar-refractivity contribution in [1.82, 2.24) is 4.90 Å². The molecule has 5 heteroatoms. The second-order valence-corrected chi connectivity index (χ2v) is 16.9. The van der Waals surface area contributed by atoms with Gasteiger partial charge in [0.25, 0.3) is 6.29 Å². The van der Waals surface area contributed by atoms with E-state index in [1.165, 1.54) is 218 Å². The molecule has 0 amide bonds. The number of nitrogens with zero attached hydrogens (tertiary/aromatic N) is 1. The highest BCUT2D eigenvalue weighted by atomic mass is 16.7. The van der Waals surface area contributed by atoms with Gasteiger partial charge < -0.3 is 14.4 Å². The lowest BCUT2D eigenvalue weighted by Gasteiger charge is -2.21. The van der Waals surface area contributed by atoms with Gasteiger partial charge >= 0.3 is 11.9 Å². The van der Waals surface area contributed by atoms with E-state index in [1.807, 2.05) is 19.0 Å². The summed E-state index contributed by atoms with van der Waals surface area (Å²) in [6.07, 6.45) is 50.8. The summed E-state index contributed by atoms with van der Waals surface area (Å²) in [5.41, 5.74) is 0. The molecule has 53 heavy (non-hydrogen) atoms.